The molecule has 0 saturated heterocycles. The van der Waals surface area contributed by atoms with Crippen molar-refractivity contribution in [1.82, 2.24) is 10.2 Å². The molecule has 2 amide bonds. The summed E-state index contributed by atoms with van der Waals surface area (Å²) in [6, 6.07) is 15.4. The number of nitrogens with one attached hydrogen (secondary N) is 2. The summed E-state index contributed by atoms with van der Waals surface area (Å²) in [7, 11) is 4.01. The maximum atomic E-state index is 12.0. The van der Waals surface area contributed by atoms with Gasteiger partial charge in [-0.3, -0.25) is 5.32 Å². The molecule has 134 valence electrons. The van der Waals surface area contributed by atoms with Crippen LogP contribution in [0.2, 0.25) is 0 Å². The molecule has 0 bridgehead atoms. The predicted molar refractivity (Wildman–Crippen MR) is 109 cm³/mol. The van der Waals surface area contributed by atoms with Crippen LogP contribution in [0.4, 0.5) is 21.3 Å². The van der Waals surface area contributed by atoms with Crippen LogP contribution in [-0.2, 0) is 0 Å². The third-order valence-electron chi connectivity index (χ3n) is 3.49. The van der Waals surface area contributed by atoms with E-state index in [0.29, 0.717) is 5.13 Å². The Morgan fingerprint density at radius 3 is 2.35 bits per heavy atom. The molecule has 0 aliphatic heterocycles. The summed E-state index contributed by atoms with van der Waals surface area (Å²) in [5, 5.41) is 14.1. The van der Waals surface area contributed by atoms with E-state index in [-0.39, 0.29) is 6.03 Å². The molecule has 0 atom stereocenters. The first-order chi connectivity index (χ1) is 12.5. The van der Waals surface area contributed by atoms with Gasteiger partial charge in [0.05, 0.1) is 0 Å². The quantitative estimate of drug-likeness (QED) is 0.623. The van der Waals surface area contributed by atoms with E-state index < -0.39 is 0 Å². The van der Waals surface area contributed by atoms with E-state index in [9.17, 15) is 4.79 Å². The van der Waals surface area contributed by atoms with Crippen LogP contribution in [0.15, 0.2) is 57.8 Å². The number of aryl methyl sites for hydroxylation is 1. The fourth-order valence-corrected chi connectivity index (χ4v) is 3.83. The zero-order valence-corrected chi connectivity index (χ0v) is 16.3. The predicted octanol–water partition coefficient (Wildman–Crippen LogP) is 4.71. The van der Waals surface area contributed by atoms with Crippen molar-refractivity contribution in [1.29, 1.82) is 0 Å². The van der Waals surface area contributed by atoms with Gasteiger partial charge in [-0.15, -0.1) is 10.2 Å². The van der Waals surface area contributed by atoms with Gasteiger partial charge in [0.25, 0.3) is 0 Å². The highest BCUT2D eigenvalue weighted by Crippen LogP contribution is 2.32. The van der Waals surface area contributed by atoms with Crippen molar-refractivity contribution in [3.8, 4) is 0 Å². The van der Waals surface area contributed by atoms with Crippen LogP contribution in [0.3, 0.4) is 0 Å². The fourth-order valence-electron chi connectivity index (χ4n) is 2.11. The zero-order valence-electron chi connectivity index (χ0n) is 14.7. The van der Waals surface area contributed by atoms with Crippen molar-refractivity contribution in [3.05, 3.63) is 54.1 Å². The summed E-state index contributed by atoms with van der Waals surface area (Å²) < 4.78 is 0.772. The molecule has 3 aromatic rings. The molecule has 0 spiro atoms. The number of amides is 2. The van der Waals surface area contributed by atoms with Crippen molar-refractivity contribution < 1.29 is 4.79 Å². The zero-order chi connectivity index (χ0) is 18.5. The third kappa shape index (κ3) is 4.96. The molecule has 6 nitrogen and oxygen atoms in total. The molecule has 0 aliphatic carbocycles. The Bertz CT molecular complexity index is 875. The van der Waals surface area contributed by atoms with Gasteiger partial charge < -0.3 is 10.2 Å². The topological polar surface area (TPSA) is 70.1 Å². The number of carbonyl (C=O) groups is 1. The van der Waals surface area contributed by atoms with Gasteiger partial charge >= 0.3 is 6.03 Å². The summed E-state index contributed by atoms with van der Waals surface area (Å²) in [4.78, 5) is 15.2. The van der Waals surface area contributed by atoms with E-state index in [0.717, 1.165) is 26.2 Å². The minimum absolute atomic E-state index is 0.336. The van der Waals surface area contributed by atoms with Gasteiger partial charge in [-0.25, -0.2) is 4.79 Å². The lowest BCUT2D eigenvalue weighted by Gasteiger charge is -2.11. The van der Waals surface area contributed by atoms with Gasteiger partial charge in [-0.1, -0.05) is 40.8 Å². The largest absolute Gasteiger partial charge is 0.378 e. The first-order valence-electron chi connectivity index (χ1n) is 7.93. The standard InChI is InChI=1S/C18H19N5OS2/c1-12-4-6-13(7-5-12)19-16(24)20-17-21-22-18(26-17)25-15-10-8-14(9-11-15)23(2)3/h4-11H,1-3H3,(H2,19,20,21,24). The second-order valence-electron chi connectivity index (χ2n) is 5.81. The minimum Gasteiger partial charge on any atom is -0.378 e. The van der Waals surface area contributed by atoms with Crippen LogP contribution in [0, 0.1) is 6.92 Å². The number of hydrogen-bond donors (Lipinski definition) is 2. The average Bonchev–Trinajstić information content (AvgIpc) is 3.04. The first kappa shape index (κ1) is 18.2. The fraction of sp³-hybridized carbons (Fsp3) is 0.167. The Kier molecular flexibility index (Phi) is 5.75. The molecule has 1 heterocycles. The van der Waals surface area contributed by atoms with Crippen LogP contribution < -0.4 is 15.5 Å². The highest BCUT2D eigenvalue weighted by molar-refractivity contribution is 8.01. The van der Waals surface area contributed by atoms with Crippen molar-refractivity contribution in [2.75, 3.05) is 29.6 Å². The SMILES string of the molecule is Cc1ccc(NC(=O)Nc2nnc(Sc3ccc(N(C)C)cc3)s2)cc1. The van der Waals surface area contributed by atoms with Gasteiger partial charge in [-0.2, -0.15) is 0 Å². The van der Waals surface area contributed by atoms with Gasteiger partial charge in [0.1, 0.15) is 0 Å². The molecule has 26 heavy (non-hydrogen) atoms. The molecule has 2 N–H and O–H groups in total. The Morgan fingerprint density at radius 2 is 1.69 bits per heavy atom. The Morgan fingerprint density at radius 1 is 1.00 bits per heavy atom. The summed E-state index contributed by atoms with van der Waals surface area (Å²) in [6.07, 6.45) is 0. The van der Waals surface area contributed by atoms with Gasteiger partial charge in [0.2, 0.25) is 5.13 Å². The summed E-state index contributed by atoms with van der Waals surface area (Å²) >= 11 is 2.85. The Labute approximate surface area is 160 Å². The van der Waals surface area contributed by atoms with E-state index in [1.165, 1.54) is 23.1 Å². The number of nitrogens with zero attached hydrogens (tertiary/aromatic N) is 3. The number of benzene rings is 2. The van der Waals surface area contributed by atoms with E-state index in [4.69, 9.17) is 0 Å². The lowest BCUT2D eigenvalue weighted by molar-refractivity contribution is 0.262. The molecule has 1 aromatic heterocycles. The molecule has 0 saturated carbocycles. The lowest BCUT2D eigenvalue weighted by Crippen LogP contribution is -2.19. The lowest BCUT2D eigenvalue weighted by atomic mass is 10.2. The van der Waals surface area contributed by atoms with E-state index in [1.54, 1.807) is 0 Å². The first-order valence-corrected chi connectivity index (χ1v) is 9.56. The van der Waals surface area contributed by atoms with Crippen LogP contribution in [0.25, 0.3) is 0 Å². The molecule has 3 rings (SSSR count). The van der Waals surface area contributed by atoms with Crippen LogP contribution in [-0.4, -0.2) is 30.3 Å². The average molecular weight is 386 g/mol. The normalized spacial score (nSPS) is 10.4. The third-order valence-corrected chi connectivity index (χ3v) is 5.39. The number of carbonyl (C=O) groups excluding carboxylic acids is 1. The Balaban J connectivity index is 1.57. The highest BCUT2D eigenvalue weighted by Gasteiger charge is 2.10. The maximum absolute atomic E-state index is 12.0. The van der Waals surface area contributed by atoms with Crippen molar-refractivity contribution in [2.45, 2.75) is 16.2 Å². The molecule has 0 fully saturated rings. The minimum atomic E-state index is -0.336. The van der Waals surface area contributed by atoms with E-state index in [1.807, 2.05) is 62.3 Å². The van der Waals surface area contributed by atoms with E-state index in [2.05, 4.69) is 33.0 Å². The molecular weight excluding hydrogens is 366 g/mol. The van der Waals surface area contributed by atoms with Crippen LogP contribution in [0.5, 0.6) is 0 Å². The molecular formula is C18H19N5OS2. The number of rotatable bonds is 5. The van der Waals surface area contributed by atoms with Crippen molar-refractivity contribution in [2.24, 2.45) is 0 Å². The van der Waals surface area contributed by atoms with Crippen molar-refractivity contribution in [3.63, 3.8) is 0 Å². The molecule has 0 radical (unpaired) electrons. The highest BCUT2D eigenvalue weighted by atomic mass is 32.2. The smallest absolute Gasteiger partial charge is 0.325 e. The van der Waals surface area contributed by atoms with E-state index >= 15 is 0 Å². The number of hydrogen-bond acceptors (Lipinski definition) is 6. The Hall–Kier alpha value is -2.58. The maximum Gasteiger partial charge on any atom is 0.325 e. The molecule has 0 aliphatic rings. The van der Waals surface area contributed by atoms with Crippen molar-refractivity contribution >= 4 is 45.6 Å². The molecule has 0 unspecified atom stereocenters. The van der Waals surface area contributed by atoms with Crippen LogP contribution >= 0.6 is 23.1 Å². The number of urea groups is 1. The summed E-state index contributed by atoms with van der Waals surface area (Å²) in [5.74, 6) is 0. The van der Waals surface area contributed by atoms with Gasteiger partial charge in [0, 0.05) is 30.4 Å². The second-order valence-corrected chi connectivity index (χ2v) is 8.11. The number of anilines is 3. The molecule has 2 aromatic carbocycles. The number of aromatic nitrogens is 2. The molecule has 8 heteroatoms. The van der Waals surface area contributed by atoms with Gasteiger partial charge in [-0.05, 0) is 43.3 Å². The van der Waals surface area contributed by atoms with Gasteiger partial charge in [0.15, 0.2) is 4.34 Å². The summed E-state index contributed by atoms with van der Waals surface area (Å²) in [5.41, 5.74) is 3.01. The van der Waals surface area contributed by atoms with Crippen LogP contribution in [0.1, 0.15) is 5.56 Å². The monoisotopic (exact) mass is 385 g/mol. The summed E-state index contributed by atoms with van der Waals surface area (Å²) in [6.45, 7) is 2.00. The second kappa shape index (κ2) is 8.20.